The van der Waals surface area contributed by atoms with Crippen LogP contribution in [0.3, 0.4) is 0 Å². The maximum Gasteiger partial charge on any atom is 0.250 e. The summed E-state index contributed by atoms with van der Waals surface area (Å²) >= 11 is 5.97. The number of hydrogen-bond donors (Lipinski definition) is 2. The van der Waals surface area contributed by atoms with Gasteiger partial charge in [-0.2, -0.15) is 0 Å². The van der Waals surface area contributed by atoms with Gasteiger partial charge in [0.15, 0.2) is 0 Å². The van der Waals surface area contributed by atoms with Crippen molar-refractivity contribution in [3.05, 3.63) is 17.0 Å². The molecule has 0 amide bonds. The summed E-state index contributed by atoms with van der Waals surface area (Å²) in [4.78, 5) is 0.865. The van der Waals surface area contributed by atoms with E-state index < -0.39 is 10.0 Å². The molecule has 3 N–H and O–H groups in total. The lowest BCUT2D eigenvalue weighted by atomic mass is 9.81. The van der Waals surface area contributed by atoms with Crippen LogP contribution in [-0.2, 0) is 10.0 Å². The van der Waals surface area contributed by atoms with Gasteiger partial charge in [0.2, 0.25) is 10.0 Å². The van der Waals surface area contributed by atoms with Crippen molar-refractivity contribution in [2.75, 3.05) is 6.54 Å². The van der Waals surface area contributed by atoms with E-state index in [1.54, 1.807) is 12.1 Å². The van der Waals surface area contributed by atoms with Crippen LogP contribution in [0, 0.1) is 11.8 Å². The molecule has 1 heterocycles. The van der Waals surface area contributed by atoms with Gasteiger partial charge in [0.05, 0.1) is 4.88 Å². The van der Waals surface area contributed by atoms with Crippen molar-refractivity contribution < 1.29 is 8.42 Å². The van der Waals surface area contributed by atoms with Crippen LogP contribution in [0.1, 0.15) is 43.9 Å². The van der Waals surface area contributed by atoms with Crippen molar-refractivity contribution in [1.82, 2.24) is 4.72 Å². The summed E-state index contributed by atoms with van der Waals surface area (Å²) < 4.78 is 27.3. The molecule has 21 heavy (non-hydrogen) atoms. The third kappa shape index (κ3) is 4.74. The fraction of sp³-hybridized carbons (Fsp3) is 0.643. The average Bonchev–Trinajstić information content (AvgIpc) is 2.89. The predicted molar refractivity (Wildman–Crippen MR) is 91.1 cm³/mol. The zero-order chi connectivity index (χ0) is 15.5. The van der Waals surface area contributed by atoms with E-state index in [0.29, 0.717) is 17.3 Å². The van der Waals surface area contributed by atoms with Gasteiger partial charge >= 0.3 is 0 Å². The van der Waals surface area contributed by atoms with E-state index >= 15 is 0 Å². The summed E-state index contributed by atoms with van der Waals surface area (Å²) in [5.74, 6) is 1.41. The number of thiocarbonyl (C=S) groups is 1. The molecule has 1 fully saturated rings. The maximum atomic E-state index is 12.2. The number of sulfonamides is 1. The highest BCUT2D eigenvalue weighted by Gasteiger charge is 2.21. The molecule has 2 rings (SSSR count). The van der Waals surface area contributed by atoms with Crippen LogP contribution >= 0.6 is 23.6 Å². The molecule has 0 aliphatic heterocycles. The Morgan fingerprint density at radius 2 is 2.24 bits per heavy atom. The van der Waals surface area contributed by atoms with Crippen molar-refractivity contribution in [1.29, 1.82) is 0 Å². The number of rotatable bonds is 6. The van der Waals surface area contributed by atoms with Crippen molar-refractivity contribution in [3.63, 3.8) is 0 Å². The number of hydrogen-bond acceptors (Lipinski definition) is 4. The zero-order valence-corrected chi connectivity index (χ0v) is 14.6. The van der Waals surface area contributed by atoms with Crippen LogP contribution in [0.5, 0.6) is 0 Å². The van der Waals surface area contributed by atoms with Gasteiger partial charge in [-0.3, -0.25) is 0 Å². The molecular formula is C14H22N2O2S3. The predicted octanol–water partition coefficient (Wildman–Crippen LogP) is 2.88. The van der Waals surface area contributed by atoms with Crippen molar-refractivity contribution in [2.24, 2.45) is 17.6 Å². The highest BCUT2D eigenvalue weighted by molar-refractivity contribution is 7.91. The zero-order valence-electron chi connectivity index (χ0n) is 12.2. The number of thiophene rings is 1. The third-order valence-electron chi connectivity index (χ3n) is 3.98. The monoisotopic (exact) mass is 346 g/mol. The Labute approximate surface area is 136 Å². The molecular weight excluding hydrogens is 324 g/mol. The first-order chi connectivity index (χ1) is 9.88. The third-order valence-corrected chi connectivity index (χ3v) is 7.40. The molecule has 1 aromatic rings. The largest absolute Gasteiger partial charge is 0.389 e. The molecule has 2 atom stereocenters. The van der Waals surface area contributed by atoms with Crippen LogP contribution in [0.4, 0.5) is 0 Å². The van der Waals surface area contributed by atoms with Crippen LogP contribution < -0.4 is 10.5 Å². The second-order valence-electron chi connectivity index (χ2n) is 5.81. The first-order valence-electron chi connectivity index (χ1n) is 7.28. The summed E-state index contributed by atoms with van der Waals surface area (Å²) in [5.41, 5.74) is 5.51. The molecule has 118 valence electrons. The van der Waals surface area contributed by atoms with Crippen molar-refractivity contribution in [2.45, 2.75) is 43.2 Å². The molecule has 1 aliphatic carbocycles. The molecule has 2 unspecified atom stereocenters. The van der Waals surface area contributed by atoms with Gasteiger partial charge in [-0.1, -0.05) is 38.4 Å². The van der Waals surface area contributed by atoms with Gasteiger partial charge in [0, 0.05) is 6.54 Å². The quantitative estimate of drug-likeness (QED) is 0.777. The van der Waals surface area contributed by atoms with E-state index in [9.17, 15) is 8.42 Å². The molecule has 0 saturated heterocycles. The van der Waals surface area contributed by atoms with Gasteiger partial charge in [0.1, 0.15) is 9.20 Å². The lowest BCUT2D eigenvalue weighted by Gasteiger charge is -2.26. The summed E-state index contributed by atoms with van der Waals surface area (Å²) in [6.07, 6.45) is 5.92. The molecule has 4 nitrogen and oxygen atoms in total. The minimum absolute atomic E-state index is 0.234. The first-order valence-corrected chi connectivity index (χ1v) is 9.98. The SMILES string of the molecule is CC1CCCC(CCNS(=O)(=O)c2ccc(C(N)=S)s2)C1. The van der Waals surface area contributed by atoms with Crippen LogP contribution in [-0.4, -0.2) is 20.0 Å². The van der Waals surface area contributed by atoms with E-state index in [1.165, 1.54) is 25.7 Å². The molecule has 0 aromatic carbocycles. The van der Waals surface area contributed by atoms with Crippen LogP contribution in [0.25, 0.3) is 0 Å². The second kappa shape index (κ2) is 7.17. The summed E-state index contributed by atoms with van der Waals surface area (Å²) in [6, 6.07) is 3.22. The topological polar surface area (TPSA) is 72.2 Å². The van der Waals surface area contributed by atoms with E-state index in [1.807, 2.05) is 0 Å². The Bertz CT molecular complexity index is 595. The minimum Gasteiger partial charge on any atom is -0.389 e. The summed E-state index contributed by atoms with van der Waals surface area (Å²) in [5, 5.41) is 0. The lowest BCUT2D eigenvalue weighted by Crippen LogP contribution is -2.26. The fourth-order valence-corrected chi connectivity index (χ4v) is 5.33. The van der Waals surface area contributed by atoms with Crippen molar-refractivity contribution in [3.8, 4) is 0 Å². The van der Waals surface area contributed by atoms with Gasteiger partial charge in [-0.25, -0.2) is 13.1 Å². The average molecular weight is 347 g/mol. The van der Waals surface area contributed by atoms with Crippen molar-refractivity contribution >= 4 is 38.6 Å². The Balaban J connectivity index is 1.87. The second-order valence-corrected chi connectivity index (χ2v) is 9.32. The normalized spacial score (nSPS) is 23.1. The lowest BCUT2D eigenvalue weighted by molar-refractivity contribution is 0.271. The van der Waals surface area contributed by atoms with Crippen LogP contribution in [0.2, 0.25) is 0 Å². The molecule has 0 spiro atoms. The van der Waals surface area contributed by atoms with Crippen LogP contribution in [0.15, 0.2) is 16.3 Å². The summed E-state index contributed by atoms with van der Waals surface area (Å²) in [6.45, 7) is 2.78. The van der Waals surface area contributed by atoms with Gasteiger partial charge in [-0.05, 0) is 36.8 Å². The highest BCUT2D eigenvalue weighted by atomic mass is 32.2. The summed E-state index contributed by atoms with van der Waals surface area (Å²) in [7, 11) is -3.43. The van der Waals surface area contributed by atoms with E-state index in [4.69, 9.17) is 18.0 Å². The standard InChI is InChI=1S/C14H22N2O2S3/c1-10-3-2-4-11(9-10)7-8-16-21(17,18)13-6-5-12(20-13)14(15)19/h5-6,10-11,16H,2-4,7-9H2,1H3,(H2,15,19). The molecule has 0 bridgehead atoms. The smallest absolute Gasteiger partial charge is 0.250 e. The Kier molecular flexibility index (Phi) is 5.76. The van der Waals surface area contributed by atoms with E-state index in [2.05, 4.69) is 11.6 Å². The van der Waals surface area contributed by atoms with Gasteiger partial charge < -0.3 is 5.73 Å². The minimum atomic E-state index is -3.43. The first kappa shape index (κ1) is 16.9. The molecule has 1 saturated carbocycles. The molecule has 0 radical (unpaired) electrons. The van der Waals surface area contributed by atoms with E-state index in [0.717, 1.165) is 23.7 Å². The number of nitrogens with one attached hydrogen (secondary N) is 1. The van der Waals surface area contributed by atoms with Gasteiger partial charge in [0.25, 0.3) is 0 Å². The molecule has 1 aromatic heterocycles. The van der Waals surface area contributed by atoms with E-state index in [-0.39, 0.29) is 9.20 Å². The Morgan fingerprint density at radius 3 is 2.86 bits per heavy atom. The maximum absolute atomic E-state index is 12.2. The highest BCUT2D eigenvalue weighted by Crippen LogP contribution is 2.30. The Hall–Kier alpha value is -0.500. The number of nitrogens with two attached hydrogens (primary N) is 1. The molecule has 1 aliphatic rings. The van der Waals surface area contributed by atoms with Gasteiger partial charge in [-0.15, -0.1) is 11.3 Å². The fourth-order valence-electron chi connectivity index (χ4n) is 2.89. The Morgan fingerprint density at radius 1 is 1.48 bits per heavy atom. The molecule has 7 heteroatoms.